The Morgan fingerprint density at radius 3 is 2.80 bits per heavy atom. The minimum Gasteiger partial charge on any atom is -0.350 e. The van der Waals surface area contributed by atoms with E-state index in [2.05, 4.69) is 20.9 Å². The van der Waals surface area contributed by atoms with Gasteiger partial charge in [0.05, 0.1) is 24.3 Å². The van der Waals surface area contributed by atoms with Gasteiger partial charge in [-0.05, 0) is 51.1 Å². The Morgan fingerprint density at radius 2 is 2.00 bits per heavy atom. The maximum absolute atomic E-state index is 12.8. The Bertz CT molecular complexity index is 482. The Morgan fingerprint density at radius 1 is 1.15 bits per heavy atom. The molecule has 4 rings (SSSR count). The normalized spacial score (nSPS) is 48.9. The highest BCUT2D eigenvalue weighted by Gasteiger charge is 2.51. The fourth-order valence-electron chi connectivity index (χ4n) is 4.11. The molecule has 4 aliphatic rings. The topological polar surface area (TPSA) is 56.4 Å². The highest BCUT2D eigenvalue weighted by atomic mass is 16.2. The van der Waals surface area contributed by atoms with E-state index in [1.165, 1.54) is 0 Å². The lowest BCUT2D eigenvalue weighted by Gasteiger charge is -2.46. The van der Waals surface area contributed by atoms with Gasteiger partial charge in [0.2, 0.25) is 5.91 Å². The van der Waals surface area contributed by atoms with Crippen molar-refractivity contribution in [1.29, 1.82) is 0 Å². The van der Waals surface area contributed by atoms with Gasteiger partial charge in [0.1, 0.15) is 0 Å². The van der Waals surface area contributed by atoms with Gasteiger partial charge in [0.15, 0.2) is 0 Å². The fraction of sp³-hybridized carbons (Fsp3) is 0.933. The highest BCUT2D eigenvalue weighted by molar-refractivity contribution is 5.80. The molecule has 0 aromatic carbocycles. The summed E-state index contributed by atoms with van der Waals surface area (Å²) < 4.78 is 23.7. The third-order valence-corrected chi connectivity index (χ3v) is 5.27. The third kappa shape index (κ3) is 2.07. The molecule has 5 atom stereocenters. The monoisotopic (exact) mass is 281 g/mol. The first-order valence-electron chi connectivity index (χ1n) is 9.51. The predicted molar refractivity (Wildman–Crippen MR) is 76.9 cm³/mol. The molecular weight excluding hydrogens is 252 g/mol. The van der Waals surface area contributed by atoms with Crippen LogP contribution in [0.4, 0.5) is 0 Å². The molecule has 4 fully saturated rings. The van der Waals surface area contributed by atoms with E-state index in [4.69, 9.17) is 4.11 Å². The molecular formula is C15H26N4O. The fourth-order valence-corrected chi connectivity index (χ4v) is 4.11. The summed E-state index contributed by atoms with van der Waals surface area (Å²) in [5, 5.41) is 10.1. The molecule has 0 bridgehead atoms. The zero-order valence-electron chi connectivity index (χ0n) is 14.8. The summed E-state index contributed by atoms with van der Waals surface area (Å²) >= 11 is 0. The lowest BCUT2D eigenvalue weighted by atomic mass is 9.91. The van der Waals surface area contributed by atoms with E-state index in [0.717, 1.165) is 32.2 Å². The standard InChI is InChI=1S/C15H26N4O/c1-9-6-8-17-14-12(9)18-15(20)11-3-2-7-16-13(11)19(14)10-4-5-10/h9-14,16-17H,2-8H2,1H3,(H,18,20)/i1D3. The number of nitrogens with one attached hydrogen (secondary N) is 3. The van der Waals surface area contributed by atoms with Crippen LogP contribution >= 0.6 is 0 Å². The Balaban J connectivity index is 1.70. The molecule has 0 radical (unpaired) electrons. The summed E-state index contributed by atoms with van der Waals surface area (Å²) in [4.78, 5) is 15.2. The van der Waals surface area contributed by atoms with E-state index in [1.807, 2.05) is 0 Å². The number of carbonyl (C=O) groups excluding carboxylic acids is 1. The molecule has 5 unspecified atom stereocenters. The number of hydrogen-bond donors (Lipinski definition) is 3. The average molecular weight is 281 g/mol. The van der Waals surface area contributed by atoms with Crippen molar-refractivity contribution < 1.29 is 8.91 Å². The Kier molecular flexibility index (Phi) is 2.52. The number of fused-ring (bicyclic) bond motifs is 2. The molecule has 5 nitrogen and oxygen atoms in total. The van der Waals surface area contributed by atoms with Crippen LogP contribution in [0, 0.1) is 11.8 Å². The van der Waals surface area contributed by atoms with Gasteiger partial charge in [-0.15, -0.1) is 0 Å². The maximum Gasteiger partial charge on any atom is 0.226 e. The lowest BCUT2D eigenvalue weighted by Crippen LogP contribution is -2.66. The number of carbonyl (C=O) groups is 1. The molecule has 3 heterocycles. The van der Waals surface area contributed by atoms with E-state index in [9.17, 15) is 4.79 Å². The van der Waals surface area contributed by atoms with Gasteiger partial charge in [0.25, 0.3) is 0 Å². The van der Waals surface area contributed by atoms with Crippen molar-refractivity contribution in [2.45, 2.75) is 63.4 Å². The molecule has 3 N–H and O–H groups in total. The van der Waals surface area contributed by atoms with Gasteiger partial charge in [-0.3, -0.25) is 15.0 Å². The Hall–Kier alpha value is -0.650. The molecule has 112 valence electrons. The van der Waals surface area contributed by atoms with Crippen LogP contribution in [0.15, 0.2) is 0 Å². The van der Waals surface area contributed by atoms with Crippen LogP contribution < -0.4 is 16.0 Å². The Labute approximate surface area is 125 Å². The van der Waals surface area contributed by atoms with E-state index < -0.39 is 12.8 Å². The average Bonchev–Trinajstić information content (AvgIpc) is 3.32. The van der Waals surface area contributed by atoms with Crippen molar-refractivity contribution in [3.8, 4) is 0 Å². The van der Waals surface area contributed by atoms with Crippen LogP contribution in [0.2, 0.25) is 0 Å². The van der Waals surface area contributed by atoms with Crippen LogP contribution in [0.1, 0.15) is 43.1 Å². The number of piperidine rings is 2. The van der Waals surface area contributed by atoms with Crippen LogP contribution in [0.5, 0.6) is 0 Å². The first-order chi connectivity index (χ1) is 11.0. The minimum absolute atomic E-state index is 0.0262. The minimum atomic E-state index is -2.03. The third-order valence-electron chi connectivity index (χ3n) is 5.27. The molecule has 0 aromatic heterocycles. The predicted octanol–water partition coefficient (Wildman–Crippen LogP) is 0.230. The molecule has 1 saturated carbocycles. The van der Waals surface area contributed by atoms with Crippen LogP contribution in [0.3, 0.4) is 0 Å². The highest BCUT2D eigenvalue weighted by Crippen LogP contribution is 2.37. The van der Waals surface area contributed by atoms with E-state index in [0.29, 0.717) is 19.0 Å². The summed E-state index contributed by atoms with van der Waals surface area (Å²) in [5.74, 6) is -0.522. The van der Waals surface area contributed by atoms with Crippen LogP contribution in [-0.2, 0) is 4.79 Å². The second-order valence-electron chi connectivity index (χ2n) is 6.65. The molecule has 1 aliphatic carbocycles. The van der Waals surface area contributed by atoms with Crippen molar-refractivity contribution in [1.82, 2.24) is 20.9 Å². The zero-order chi connectivity index (χ0) is 16.2. The maximum atomic E-state index is 12.8. The summed E-state index contributed by atoms with van der Waals surface area (Å²) in [6, 6.07) is 0.132. The van der Waals surface area contributed by atoms with Gasteiger partial charge in [-0.25, -0.2) is 0 Å². The van der Waals surface area contributed by atoms with Gasteiger partial charge < -0.3 is 10.6 Å². The van der Waals surface area contributed by atoms with Crippen molar-refractivity contribution in [2.24, 2.45) is 11.8 Å². The molecule has 3 aliphatic heterocycles. The van der Waals surface area contributed by atoms with Crippen LogP contribution in [0.25, 0.3) is 0 Å². The van der Waals surface area contributed by atoms with Gasteiger partial charge in [0, 0.05) is 10.2 Å². The summed E-state index contributed by atoms with van der Waals surface area (Å²) in [6.45, 7) is -0.408. The van der Waals surface area contributed by atoms with Crippen molar-refractivity contribution in [3.63, 3.8) is 0 Å². The number of rotatable bonds is 1. The van der Waals surface area contributed by atoms with Crippen molar-refractivity contribution >= 4 is 5.91 Å². The molecule has 1 amide bonds. The molecule has 0 aromatic rings. The number of hydrogen-bond acceptors (Lipinski definition) is 4. The second kappa shape index (κ2) is 4.97. The van der Waals surface area contributed by atoms with E-state index in [-0.39, 0.29) is 30.2 Å². The van der Waals surface area contributed by atoms with Crippen molar-refractivity contribution in [2.75, 3.05) is 13.1 Å². The van der Waals surface area contributed by atoms with Gasteiger partial charge in [-0.2, -0.15) is 0 Å². The lowest BCUT2D eigenvalue weighted by molar-refractivity contribution is -0.127. The second-order valence-corrected chi connectivity index (χ2v) is 6.65. The first kappa shape index (κ1) is 10.1. The van der Waals surface area contributed by atoms with Crippen molar-refractivity contribution in [3.05, 3.63) is 0 Å². The number of nitrogens with zero attached hydrogens (tertiary/aromatic N) is 1. The van der Waals surface area contributed by atoms with Gasteiger partial charge in [-0.1, -0.05) is 6.85 Å². The summed E-state index contributed by atoms with van der Waals surface area (Å²) in [6.07, 6.45) is 4.70. The summed E-state index contributed by atoms with van der Waals surface area (Å²) in [7, 11) is 0. The molecule has 20 heavy (non-hydrogen) atoms. The summed E-state index contributed by atoms with van der Waals surface area (Å²) in [5.41, 5.74) is 0. The number of amides is 1. The first-order valence-corrected chi connectivity index (χ1v) is 8.01. The quantitative estimate of drug-likeness (QED) is 0.644. The largest absolute Gasteiger partial charge is 0.350 e. The zero-order valence-corrected chi connectivity index (χ0v) is 11.8. The smallest absolute Gasteiger partial charge is 0.226 e. The van der Waals surface area contributed by atoms with E-state index >= 15 is 0 Å². The SMILES string of the molecule is [2H]C([2H])([2H])C1CCNC2C1NC(=O)C1CCCNC1N2C1CC1. The van der Waals surface area contributed by atoms with E-state index in [1.54, 1.807) is 0 Å². The van der Waals surface area contributed by atoms with Gasteiger partial charge >= 0.3 is 0 Å². The molecule has 5 heteroatoms. The van der Waals surface area contributed by atoms with Crippen LogP contribution in [-0.4, -0.2) is 48.3 Å². The molecule has 3 saturated heterocycles. The molecule has 0 spiro atoms.